The number of hydrogen-bond donors (Lipinski definition) is 1. The van der Waals surface area contributed by atoms with Crippen LogP contribution in [0, 0.1) is 0 Å². The standard InChI is InChI=1S/C21H35N5O2/c1-22-21(23-9-5-6-10-24-15-17-28-18-16-24)26-13-11-25(12-14-26)19-7-3-4-8-20(19)27-2/h3-4,7-8H,5-6,9-18H2,1-2H3,(H,22,23). The first-order valence-electron chi connectivity index (χ1n) is 10.5. The lowest BCUT2D eigenvalue weighted by Gasteiger charge is -2.38. The Labute approximate surface area is 169 Å². The molecule has 1 N–H and O–H groups in total. The van der Waals surface area contributed by atoms with Gasteiger partial charge in [-0.25, -0.2) is 0 Å². The molecule has 2 fully saturated rings. The van der Waals surface area contributed by atoms with E-state index in [1.165, 1.54) is 18.7 Å². The Hall–Kier alpha value is -1.99. The third-order valence-corrected chi connectivity index (χ3v) is 5.50. The Bertz CT molecular complexity index is 611. The third kappa shape index (κ3) is 5.75. The van der Waals surface area contributed by atoms with Crippen molar-refractivity contribution in [3.05, 3.63) is 24.3 Å². The largest absolute Gasteiger partial charge is 0.495 e. The molecule has 0 saturated carbocycles. The normalized spacial score (nSPS) is 19.0. The number of hydrogen-bond acceptors (Lipinski definition) is 5. The monoisotopic (exact) mass is 389 g/mol. The zero-order chi connectivity index (χ0) is 19.6. The summed E-state index contributed by atoms with van der Waals surface area (Å²) in [5.74, 6) is 1.96. The van der Waals surface area contributed by atoms with Gasteiger partial charge >= 0.3 is 0 Å². The smallest absolute Gasteiger partial charge is 0.193 e. The van der Waals surface area contributed by atoms with Crippen molar-refractivity contribution in [2.24, 2.45) is 4.99 Å². The highest BCUT2D eigenvalue weighted by Gasteiger charge is 2.21. The molecule has 0 unspecified atom stereocenters. The first-order chi connectivity index (χ1) is 13.8. The molecule has 0 spiro atoms. The number of aliphatic imine (C=N–C) groups is 1. The van der Waals surface area contributed by atoms with Gasteiger partial charge in [-0.3, -0.25) is 9.89 Å². The molecule has 1 aromatic carbocycles. The summed E-state index contributed by atoms with van der Waals surface area (Å²) >= 11 is 0. The second-order valence-corrected chi connectivity index (χ2v) is 7.28. The number of unbranched alkanes of at least 4 members (excludes halogenated alkanes) is 1. The summed E-state index contributed by atoms with van der Waals surface area (Å²) in [5.41, 5.74) is 1.18. The quantitative estimate of drug-likeness (QED) is 0.433. The van der Waals surface area contributed by atoms with E-state index in [1.807, 2.05) is 19.2 Å². The van der Waals surface area contributed by atoms with E-state index in [2.05, 4.69) is 37.1 Å². The number of methoxy groups -OCH3 is 1. The molecule has 0 bridgehead atoms. The molecule has 156 valence electrons. The van der Waals surface area contributed by atoms with Gasteiger partial charge < -0.3 is 24.6 Å². The van der Waals surface area contributed by atoms with Crippen molar-refractivity contribution >= 4 is 11.6 Å². The minimum atomic E-state index is 0.881. The molecule has 28 heavy (non-hydrogen) atoms. The van der Waals surface area contributed by atoms with Crippen LogP contribution in [0.3, 0.4) is 0 Å². The average molecular weight is 390 g/mol. The minimum Gasteiger partial charge on any atom is -0.495 e. The van der Waals surface area contributed by atoms with Gasteiger partial charge in [0.15, 0.2) is 5.96 Å². The van der Waals surface area contributed by atoms with Crippen LogP contribution in [0.4, 0.5) is 5.69 Å². The fraction of sp³-hybridized carbons (Fsp3) is 0.667. The Morgan fingerprint density at radius 2 is 1.82 bits per heavy atom. The maximum atomic E-state index is 5.51. The number of para-hydroxylation sites is 2. The van der Waals surface area contributed by atoms with Gasteiger partial charge in [0, 0.05) is 52.9 Å². The van der Waals surface area contributed by atoms with Crippen molar-refractivity contribution in [3.63, 3.8) is 0 Å². The highest BCUT2D eigenvalue weighted by Crippen LogP contribution is 2.28. The maximum absolute atomic E-state index is 5.51. The van der Waals surface area contributed by atoms with Gasteiger partial charge in [-0.05, 0) is 31.5 Å². The van der Waals surface area contributed by atoms with Gasteiger partial charge in [0.2, 0.25) is 0 Å². The van der Waals surface area contributed by atoms with Crippen LogP contribution >= 0.6 is 0 Å². The molecule has 7 nitrogen and oxygen atoms in total. The number of piperazine rings is 1. The van der Waals surface area contributed by atoms with Gasteiger partial charge in [0.05, 0.1) is 26.0 Å². The van der Waals surface area contributed by atoms with E-state index < -0.39 is 0 Å². The molecule has 0 amide bonds. The summed E-state index contributed by atoms with van der Waals surface area (Å²) < 4.78 is 10.9. The van der Waals surface area contributed by atoms with Crippen LogP contribution in [0.15, 0.2) is 29.3 Å². The summed E-state index contributed by atoms with van der Waals surface area (Å²) in [7, 11) is 3.61. The summed E-state index contributed by atoms with van der Waals surface area (Å²) in [6.45, 7) is 9.92. The van der Waals surface area contributed by atoms with E-state index in [0.29, 0.717) is 0 Å². The maximum Gasteiger partial charge on any atom is 0.193 e. The molecular weight excluding hydrogens is 354 g/mol. The summed E-state index contributed by atoms with van der Waals surface area (Å²) in [6.07, 6.45) is 2.38. The summed E-state index contributed by atoms with van der Waals surface area (Å²) in [5, 5.41) is 3.54. The highest BCUT2D eigenvalue weighted by molar-refractivity contribution is 5.80. The molecule has 0 aromatic heterocycles. The number of nitrogens with one attached hydrogen (secondary N) is 1. The van der Waals surface area contributed by atoms with Crippen molar-refractivity contribution in [1.82, 2.24) is 15.1 Å². The predicted octanol–water partition coefficient (Wildman–Crippen LogP) is 1.51. The van der Waals surface area contributed by atoms with Crippen LogP contribution in [-0.2, 0) is 4.74 Å². The second-order valence-electron chi connectivity index (χ2n) is 7.28. The van der Waals surface area contributed by atoms with E-state index >= 15 is 0 Å². The Balaban J connectivity index is 1.37. The summed E-state index contributed by atoms with van der Waals surface area (Å²) in [6, 6.07) is 8.25. The van der Waals surface area contributed by atoms with Gasteiger partial charge in [-0.15, -0.1) is 0 Å². The van der Waals surface area contributed by atoms with Crippen molar-refractivity contribution in [3.8, 4) is 5.75 Å². The SMILES string of the molecule is CN=C(NCCCCN1CCOCC1)N1CCN(c2ccccc2OC)CC1. The van der Waals surface area contributed by atoms with Crippen LogP contribution in [0.25, 0.3) is 0 Å². The number of guanidine groups is 1. The third-order valence-electron chi connectivity index (χ3n) is 5.50. The molecule has 1 aromatic rings. The number of nitrogens with zero attached hydrogens (tertiary/aromatic N) is 4. The van der Waals surface area contributed by atoms with Crippen LogP contribution in [0.1, 0.15) is 12.8 Å². The number of morpholine rings is 1. The number of ether oxygens (including phenoxy) is 2. The van der Waals surface area contributed by atoms with Crippen molar-refractivity contribution in [2.45, 2.75) is 12.8 Å². The first kappa shape index (κ1) is 20.7. The molecule has 0 atom stereocenters. The van der Waals surface area contributed by atoms with Crippen LogP contribution in [0.5, 0.6) is 5.75 Å². The van der Waals surface area contributed by atoms with Crippen LogP contribution in [0.2, 0.25) is 0 Å². The lowest BCUT2D eigenvalue weighted by Crippen LogP contribution is -2.52. The fourth-order valence-corrected chi connectivity index (χ4v) is 3.87. The summed E-state index contributed by atoms with van der Waals surface area (Å²) in [4.78, 5) is 11.7. The molecule has 3 rings (SSSR count). The van der Waals surface area contributed by atoms with E-state index in [9.17, 15) is 0 Å². The lowest BCUT2D eigenvalue weighted by molar-refractivity contribution is 0.0372. The molecule has 0 aliphatic carbocycles. The van der Waals surface area contributed by atoms with Gasteiger partial charge in [-0.1, -0.05) is 12.1 Å². The highest BCUT2D eigenvalue weighted by atomic mass is 16.5. The molecule has 2 saturated heterocycles. The minimum absolute atomic E-state index is 0.881. The zero-order valence-corrected chi connectivity index (χ0v) is 17.4. The first-order valence-corrected chi connectivity index (χ1v) is 10.5. The molecule has 0 radical (unpaired) electrons. The Morgan fingerprint density at radius 1 is 1.07 bits per heavy atom. The molecular formula is C21H35N5O2. The number of benzene rings is 1. The van der Waals surface area contributed by atoms with Crippen molar-refractivity contribution < 1.29 is 9.47 Å². The molecule has 2 aliphatic heterocycles. The van der Waals surface area contributed by atoms with Gasteiger partial charge in [0.25, 0.3) is 0 Å². The Morgan fingerprint density at radius 3 is 2.54 bits per heavy atom. The molecule has 2 heterocycles. The topological polar surface area (TPSA) is 52.6 Å². The van der Waals surface area contributed by atoms with E-state index in [4.69, 9.17) is 9.47 Å². The van der Waals surface area contributed by atoms with Crippen molar-refractivity contribution in [1.29, 1.82) is 0 Å². The van der Waals surface area contributed by atoms with Crippen LogP contribution < -0.4 is 15.0 Å². The average Bonchev–Trinajstić information content (AvgIpc) is 2.77. The number of anilines is 1. The van der Waals surface area contributed by atoms with Gasteiger partial charge in [-0.2, -0.15) is 0 Å². The fourth-order valence-electron chi connectivity index (χ4n) is 3.87. The predicted molar refractivity (Wildman–Crippen MR) is 115 cm³/mol. The lowest BCUT2D eigenvalue weighted by atomic mass is 10.2. The second kappa shape index (κ2) is 11.1. The van der Waals surface area contributed by atoms with Crippen LogP contribution in [-0.4, -0.2) is 95.5 Å². The van der Waals surface area contributed by atoms with E-state index in [0.717, 1.165) is 77.2 Å². The number of rotatable bonds is 7. The van der Waals surface area contributed by atoms with Gasteiger partial charge in [0.1, 0.15) is 5.75 Å². The zero-order valence-electron chi connectivity index (χ0n) is 17.4. The molecule has 2 aliphatic rings. The molecule has 7 heteroatoms. The Kier molecular flexibility index (Phi) is 8.23. The van der Waals surface area contributed by atoms with E-state index in [1.54, 1.807) is 7.11 Å². The van der Waals surface area contributed by atoms with E-state index in [-0.39, 0.29) is 0 Å². The van der Waals surface area contributed by atoms with Crippen molar-refractivity contribution in [2.75, 3.05) is 84.6 Å².